The third-order valence-electron chi connectivity index (χ3n) is 4.94. The van der Waals surface area contributed by atoms with Crippen molar-refractivity contribution < 1.29 is 9.59 Å². The first kappa shape index (κ1) is 16.2. The van der Waals surface area contributed by atoms with Gasteiger partial charge in [0.05, 0.1) is 5.92 Å². The van der Waals surface area contributed by atoms with Gasteiger partial charge in [0.25, 0.3) is 0 Å². The number of carbonyl (C=O) groups excluding carboxylic acids is 2. The first-order valence-corrected chi connectivity index (χ1v) is 9.52. The molecule has 2 heterocycles. The molecular weight excluding hydrogens is 336 g/mol. The summed E-state index contributed by atoms with van der Waals surface area (Å²) in [5.74, 6) is -0.0347. The molecule has 25 heavy (non-hydrogen) atoms. The maximum Gasteiger partial charge on any atom is 0.231 e. The molecule has 130 valence electrons. The zero-order chi connectivity index (χ0) is 17.2. The zero-order valence-corrected chi connectivity index (χ0v) is 14.7. The van der Waals surface area contributed by atoms with Gasteiger partial charge >= 0.3 is 0 Å². The summed E-state index contributed by atoms with van der Waals surface area (Å²) < 4.78 is 0. The molecule has 1 aliphatic heterocycles. The van der Waals surface area contributed by atoms with E-state index >= 15 is 0 Å². The fourth-order valence-electron chi connectivity index (χ4n) is 3.57. The van der Waals surface area contributed by atoms with Crippen LogP contribution in [0, 0.1) is 5.92 Å². The molecule has 1 saturated carbocycles. The number of amides is 2. The Balaban J connectivity index is 1.39. The number of carbonyl (C=O) groups is 2. The number of para-hydroxylation sites is 1. The molecule has 7 heteroatoms. The van der Waals surface area contributed by atoms with Crippen LogP contribution in [0.4, 0.5) is 10.8 Å². The fraction of sp³-hybridized carbons (Fsp3) is 0.444. The standard InChI is InChI=1S/C18H20N4O2S/c23-15-10-13(11-22(15)14-8-2-1-3-9-14)16(24)19-18-21-20-17(25-18)12-6-4-5-7-12/h1-3,8-9,12-13H,4-7,10-11H2,(H,19,21,24). The second-order valence-corrected chi connectivity index (χ2v) is 7.67. The summed E-state index contributed by atoms with van der Waals surface area (Å²) in [7, 11) is 0. The molecule has 2 fully saturated rings. The summed E-state index contributed by atoms with van der Waals surface area (Å²) in [5.41, 5.74) is 0.835. The van der Waals surface area contributed by atoms with E-state index in [-0.39, 0.29) is 24.2 Å². The summed E-state index contributed by atoms with van der Waals surface area (Å²) in [6, 6.07) is 9.46. The average Bonchev–Trinajstić information content (AvgIpc) is 3.35. The van der Waals surface area contributed by atoms with Gasteiger partial charge in [0.15, 0.2) is 0 Å². The van der Waals surface area contributed by atoms with Crippen LogP contribution >= 0.6 is 11.3 Å². The van der Waals surface area contributed by atoms with Gasteiger partial charge in [-0.05, 0) is 25.0 Å². The Morgan fingerprint density at radius 3 is 2.68 bits per heavy atom. The highest BCUT2D eigenvalue weighted by Gasteiger charge is 2.35. The predicted molar refractivity (Wildman–Crippen MR) is 96.6 cm³/mol. The minimum absolute atomic E-state index is 0.0183. The molecule has 0 bridgehead atoms. The molecule has 1 unspecified atom stereocenters. The Kier molecular flexibility index (Phi) is 4.48. The molecule has 6 nitrogen and oxygen atoms in total. The van der Waals surface area contributed by atoms with Gasteiger partial charge in [-0.2, -0.15) is 0 Å². The van der Waals surface area contributed by atoms with E-state index in [9.17, 15) is 9.59 Å². The first-order chi connectivity index (χ1) is 12.2. The average molecular weight is 356 g/mol. The van der Waals surface area contributed by atoms with Gasteiger partial charge in [0.1, 0.15) is 5.01 Å². The quantitative estimate of drug-likeness (QED) is 0.913. The molecule has 0 radical (unpaired) electrons. The maximum atomic E-state index is 12.5. The lowest BCUT2D eigenvalue weighted by Crippen LogP contribution is -2.28. The lowest BCUT2D eigenvalue weighted by Gasteiger charge is -2.16. The smallest absolute Gasteiger partial charge is 0.231 e. The van der Waals surface area contributed by atoms with Crippen molar-refractivity contribution in [3.63, 3.8) is 0 Å². The van der Waals surface area contributed by atoms with Crippen LogP contribution in [0.1, 0.15) is 43.0 Å². The number of anilines is 2. The van der Waals surface area contributed by atoms with Crippen LogP contribution in [0.2, 0.25) is 0 Å². The number of hydrogen-bond donors (Lipinski definition) is 1. The normalized spacial score (nSPS) is 21.0. The SMILES string of the molecule is O=C(Nc1nnc(C2CCCC2)s1)C1CC(=O)N(c2ccccc2)C1. The monoisotopic (exact) mass is 356 g/mol. The molecule has 1 saturated heterocycles. The summed E-state index contributed by atoms with van der Waals surface area (Å²) in [5, 5.41) is 12.7. The van der Waals surface area contributed by atoms with Crippen LogP contribution in [0.3, 0.4) is 0 Å². The Hall–Kier alpha value is -2.28. The van der Waals surface area contributed by atoms with Gasteiger partial charge in [-0.3, -0.25) is 9.59 Å². The molecule has 2 aromatic rings. The van der Waals surface area contributed by atoms with E-state index < -0.39 is 0 Å². The van der Waals surface area contributed by atoms with E-state index in [2.05, 4.69) is 15.5 Å². The number of hydrogen-bond acceptors (Lipinski definition) is 5. The number of nitrogens with zero attached hydrogens (tertiary/aromatic N) is 3. The van der Waals surface area contributed by atoms with Gasteiger partial charge in [0.2, 0.25) is 16.9 Å². The highest BCUT2D eigenvalue weighted by Crippen LogP contribution is 2.36. The van der Waals surface area contributed by atoms with E-state index in [0.29, 0.717) is 17.6 Å². The van der Waals surface area contributed by atoms with E-state index in [4.69, 9.17) is 0 Å². The molecule has 2 aliphatic rings. The number of nitrogens with one attached hydrogen (secondary N) is 1. The van der Waals surface area contributed by atoms with Gasteiger partial charge in [0, 0.05) is 24.6 Å². The van der Waals surface area contributed by atoms with Crippen LogP contribution in [-0.2, 0) is 9.59 Å². The van der Waals surface area contributed by atoms with E-state index in [1.165, 1.54) is 24.2 Å². The summed E-state index contributed by atoms with van der Waals surface area (Å²) >= 11 is 1.46. The van der Waals surface area contributed by atoms with Crippen LogP contribution in [-0.4, -0.2) is 28.6 Å². The second-order valence-electron chi connectivity index (χ2n) is 6.66. The Morgan fingerprint density at radius 1 is 1.16 bits per heavy atom. The van der Waals surface area contributed by atoms with Crippen molar-refractivity contribution in [1.82, 2.24) is 10.2 Å². The molecule has 0 spiro atoms. The van der Waals surface area contributed by atoms with Crippen LogP contribution < -0.4 is 10.2 Å². The van der Waals surface area contributed by atoms with E-state index in [1.807, 2.05) is 30.3 Å². The van der Waals surface area contributed by atoms with Gasteiger partial charge in [-0.15, -0.1) is 10.2 Å². The fourth-order valence-corrected chi connectivity index (χ4v) is 4.49. The minimum Gasteiger partial charge on any atom is -0.312 e. The lowest BCUT2D eigenvalue weighted by atomic mass is 10.1. The van der Waals surface area contributed by atoms with Crippen LogP contribution in [0.25, 0.3) is 0 Å². The number of rotatable bonds is 4. The van der Waals surface area contributed by atoms with E-state index in [1.54, 1.807) is 4.90 Å². The van der Waals surface area contributed by atoms with Crippen molar-refractivity contribution >= 4 is 34.0 Å². The lowest BCUT2D eigenvalue weighted by molar-refractivity contribution is -0.122. The Morgan fingerprint density at radius 2 is 1.92 bits per heavy atom. The third-order valence-corrected chi connectivity index (χ3v) is 5.94. The van der Waals surface area contributed by atoms with Gasteiger partial charge in [-0.25, -0.2) is 0 Å². The molecule has 4 rings (SSSR count). The van der Waals surface area contributed by atoms with Crippen molar-refractivity contribution in [3.8, 4) is 0 Å². The molecule has 1 N–H and O–H groups in total. The topological polar surface area (TPSA) is 75.2 Å². The minimum atomic E-state index is -0.355. The number of aromatic nitrogens is 2. The molecule has 1 aromatic carbocycles. The van der Waals surface area contributed by atoms with Gasteiger partial charge < -0.3 is 10.2 Å². The zero-order valence-electron chi connectivity index (χ0n) is 13.9. The Bertz CT molecular complexity index is 770. The van der Waals surface area contributed by atoms with Crippen LogP contribution in [0.15, 0.2) is 30.3 Å². The second kappa shape index (κ2) is 6.92. The third kappa shape index (κ3) is 3.42. The molecule has 1 atom stereocenters. The Labute approximate surface area is 150 Å². The predicted octanol–water partition coefficient (Wildman–Crippen LogP) is 3.19. The molecule has 1 aliphatic carbocycles. The maximum absolute atomic E-state index is 12.5. The van der Waals surface area contributed by atoms with Crippen molar-refractivity contribution in [2.24, 2.45) is 5.92 Å². The highest BCUT2D eigenvalue weighted by atomic mass is 32.1. The number of benzene rings is 1. The van der Waals surface area contributed by atoms with E-state index in [0.717, 1.165) is 23.5 Å². The van der Waals surface area contributed by atoms with Crippen LogP contribution in [0.5, 0.6) is 0 Å². The summed E-state index contributed by atoms with van der Waals surface area (Å²) in [4.78, 5) is 26.4. The van der Waals surface area contributed by atoms with Crippen molar-refractivity contribution in [2.45, 2.75) is 38.0 Å². The molecular formula is C18H20N4O2S. The first-order valence-electron chi connectivity index (χ1n) is 8.70. The largest absolute Gasteiger partial charge is 0.312 e. The highest BCUT2D eigenvalue weighted by molar-refractivity contribution is 7.15. The van der Waals surface area contributed by atoms with Gasteiger partial charge in [-0.1, -0.05) is 42.4 Å². The molecule has 1 aromatic heterocycles. The van der Waals surface area contributed by atoms with Crippen molar-refractivity contribution in [3.05, 3.63) is 35.3 Å². The summed E-state index contributed by atoms with van der Waals surface area (Å²) in [6.45, 7) is 0.406. The van der Waals surface area contributed by atoms with Crippen molar-refractivity contribution in [1.29, 1.82) is 0 Å². The summed E-state index contributed by atoms with van der Waals surface area (Å²) in [6.07, 6.45) is 5.03. The van der Waals surface area contributed by atoms with Crippen molar-refractivity contribution in [2.75, 3.05) is 16.8 Å². The molecule has 2 amide bonds.